The van der Waals surface area contributed by atoms with Crippen LogP contribution in [-0.4, -0.2) is 55.6 Å². The SMILES string of the molecule is CN(C)C(=O)c1ccc(N2CCC([C@@H]3C[C@H]3CNC(=O)[C@@](C)(O)c3ccccc3)CC2)cc1Cl. The first kappa shape index (κ1) is 24.6. The molecule has 2 aromatic rings. The van der Waals surface area contributed by atoms with Crippen molar-refractivity contribution in [2.24, 2.45) is 17.8 Å². The van der Waals surface area contributed by atoms with Crippen molar-refractivity contribution in [3.8, 4) is 0 Å². The summed E-state index contributed by atoms with van der Waals surface area (Å²) in [5.74, 6) is 1.34. The minimum Gasteiger partial charge on any atom is -0.376 e. The third-order valence-corrected chi connectivity index (χ3v) is 7.69. The monoisotopic (exact) mass is 483 g/mol. The predicted molar refractivity (Wildman–Crippen MR) is 135 cm³/mol. The number of carbonyl (C=O) groups is 2. The number of anilines is 1. The van der Waals surface area contributed by atoms with Gasteiger partial charge < -0.3 is 20.2 Å². The maximum Gasteiger partial charge on any atom is 0.256 e. The molecule has 1 saturated heterocycles. The molecule has 2 aliphatic rings. The lowest BCUT2D eigenvalue weighted by atomic mass is 9.90. The topological polar surface area (TPSA) is 72.9 Å². The van der Waals surface area contributed by atoms with Crippen LogP contribution in [0.3, 0.4) is 0 Å². The van der Waals surface area contributed by atoms with Gasteiger partial charge in [0.05, 0.1) is 10.6 Å². The van der Waals surface area contributed by atoms with Gasteiger partial charge in [0.25, 0.3) is 11.8 Å². The van der Waals surface area contributed by atoms with Crippen molar-refractivity contribution < 1.29 is 14.7 Å². The van der Waals surface area contributed by atoms with Gasteiger partial charge in [-0.25, -0.2) is 0 Å². The lowest BCUT2D eigenvalue weighted by Crippen LogP contribution is -2.43. The van der Waals surface area contributed by atoms with Crippen LogP contribution in [0.2, 0.25) is 5.02 Å². The van der Waals surface area contributed by atoms with E-state index in [4.69, 9.17) is 11.6 Å². The van der Waals surface area contributed by atoms with E-state index in [9.17, 15) is 14.7 Å². The predicted octanol–water partition coefficient (Wildman–Crippen LogP) is 3.92. The molecule has 6 nitrogen and oxygen atoms in total. The largest absolute Gasteiger partial charge is 0.376 e. The fourth-order valence-electron chi connectivity index (χ4n) is 5.07. The van der Waals surface area contributed by atoms with Gasteiger partial charge in [-0.05, 0) is 67.7 Å². The summed E-state index contributed by atoms with van der Waals surface area (Å²) in [6.45, 7) is 4.08. The van der Waals surface area contributed by atoms with Crippen LogP contribution in [0.4, 0.5) is 5.69 Å². The molecule has 1 heterocycles. The second kappa shape index (κ2) is 9.96. The van der Waals surface area contributed by atoms with Gasteiger partial charge in [-0.2, -0.15) is 0 Å². The molecule has 2 aromatic carbocycles. The summed E-state index contributed by atoms with van der Waals surface area (Å²) in [5.41, 5.74) is 0.665. The van der Waals surface area contributed by atoms with E-state index >= 15 is 0 Å². The standard InChI is InChI=1S/C27H34ClN3O3/c1-27(34,20-7-5-4-6-8-20)26(33)29-17-19-15-23(19)18-11-13-31(14-12-18)21-9-10-22(24(28)16-21)25(32)30(2)3/h4-10,16,18-19,23,34H,11-15,17H2,1-3H3,(H,29,33)/t19-,23-,27-/m0/s1. The van der Waals surface area contributed by atoms with Crippen molar-refractivity contribution in [1.29, 1.82) is 0 Å². The van der Waals surface area contributed by atoms with Gasteiger partial charge in [-0.1, -0.05) is 41.9 Å². The highest BCUT2D eigenvalue weighted by Crippen LogP contribution is 2.48. The molecule has 1 aliphatic carbocycles. The second-order valence-corrected chi connectivity index (χ2v) is 10.4. The zero-order chi connectivity index (χ0) is 24.5. The van der Waals surface area contributed by atoms with Gasteiger partial charge in [0.15, 0.2) is 5.60 Å². The highest BCUT2D eigenvalue weighted by atomic mass is 35.5. The quantitative estimate of drug-likeness (QED) is 0.626. The Hall–Kier alpha value is -2.57. The summed E-state index contributed by atoms with van der Waals surface area (Å²) in [4.78, 5) is 28.7. The Morgan fingerprint density at radius 3 is 2.44 bits per heavy atom. The molecule has 2 fully saturated rings. The summed E-state index contributed by atoms with van der Waals surface area (Å²) in [6.07, 6.45) is 3.34. The fourth-order valence-corrected chi connectivity index (χ4v) is 5.33. The van der Waals surface area contributed by atoms with E-state index in [0.717, 1.165) is 38.0 Å². The van der Waals surface area contributed by atoms with E-state index in [1.54, 1.807) is 33.2 Å². The van der Waals surface area contributed by atoms with Crippen molar-refractivity contribution in [2.45, 2.75) is 31.8 Å². The van der Waals surface area contributed by atoms with Gasteiger partial charge >= 0.3 is 0 Å². The first-order valence-electron chi connectivity index (χ1n) is 12.0. The van der Waals surface area contributed by atoms with Gasteiger partial charge in [0.2, 0.25) is 0 Å². The maximum atomic E-state index is 12.6. The van der Waals surface area contributed by atoms with Gasteiger partial charge in [0.1, 0.15) is 0 Å². The number of nitrogens with zero attached hydrogens (tertiary/aromatic N) is 2. The average molecular weight is 484 g/mol. The number of aliphatic hydroxyl groups is 1. The van der Waals surface area contributed by atoms with Crippen LogP contribution in [0.15, 0.2) is 48.5 Å². The van der Waals surface area contributed by atoms with Crippen LogP contribution in [0.5, 0.6) is 0 Å². The van der Waals surface area contributed by atoms with Crippen LogP contribution < -0.4 is 10.2 Å². The van der Waals surface area contributed by atoms with Crippen LogP contribution >= 0.6 is 11.6 Å². The summed E-state index contributed by atoms with van der Waals surface area (Å²) >= 11 is 6.40. The van der Waals surface area contributed by atoms with Gasteiger partial charge in [-0.3, -0.25) is 9.59 Å². The van der Waals surface area contributed by atoms with E-state index in [-0.39, 0.29) is 11.8 Å². The molecule has 0 unspecified atom stereocenters. The fraction of sp³-hybridized carbons (Fsp3) is 0.481. The van der Waals surface area contributed by atoms with Crippen LogP contribution in [0.1, 0.15) is 42.1 Å². The van der Waals surface area contributed by atoms with Crippen LogP contribution in [0.25, 0.3) is 0 Å². The van der Waals surface area contributed by atoms with Crippen molar-refractivity contribution >= 4 is 29.1 Å². The molecular formula is C27H34ClN3O3. The van der Waals surface area contributed by atoms with Gasteiger partial charge in [-0.15, -0.1) is 0 Å². The Labute approximate surface area is 206 Å². The zero-order valence-electron chi connectivity index (χ0n) is 20.1. The molecule has 34 heavy (non-hydrogen) atoms. The van der Waals surface area contributed by atoms with E-state index < -0.39 is 5.60 Å². The number of carbonyl (C=O) groups excluding carboxylic acids is 2. The molecule has 1 aliphatic heterocycles. The molecule has 0 aromatic heterocycles. The lowest BCUT2D eigenvalue weighted by molar-refractivity contribution is -0.139. The minimum atomic E-state index is -1.52. The highest BCUT2D eigenvalue weighted by molar-refractivity contribution is 6.34. The van der Waals surface area contributed by atoms with Crippen LogP contribution in [0, 0.1) is 17.8 Å². The Bertz CT molecular complexity index is 1030. The summed E-state index contributed by atoms with van der Waals surface area (Å²) in [7, 11) is 3.44. The maximum absolute atomic E-state index is 12.6. The third kappa shape index (κ3) is 5.23. The molecule has 182 valence electrons. The third-order valence-electron chi connectivity index (χ3n) is 7.38. The number of halogens is 1. The number of hydrogen-bond donors (Lipinski definition) is 2. The molecule has 0 spiro atoms. The van der Waals surface area contributed by atoms with Crippen molar-refractivity contribution in [3.63, 3.8) is 0 Å². The molecule has 2 N–H and O–H groups in total. The number of hydrogen-bond acceptors (Lipinski definition) is 4. The van der Waals surface area contributed by atoms with Crippen molar-refractivity contribution in [1.82, 2.24) is 10.2 Å². The summed E-state index contributed by atoms with van der Waals surface area (Å²) in [5, 5.41) is 14.1. The highest BCUT2D eigenvalue weighted by Gasteiger charge is 2.44. The van der Waals surface area contributed by atoms with E-state index in [2.05, 4.69) is 10.2 Å². The molecule has 2 amide bonds. The van der Waals surface area contributed by atoms with Crippen molar-refractivity contribution in [3.05, 3.63) is 64.7 Å². The molecule has 0 bridgehead atoms. The van der Waals surface area contributed by atoms with E-state index in [1.807, 2.05) is 36.4 Å². The summed E-state index contributed by atoms with van der Waals surface area (Å²) in [6, 6.07) is 14.8. The average Bonchev–Trinajstić information content (AvgIpc) is 3.62. The minimum absolute atomic E-state index is 0.0904. The molecular weight excluding hydrogens is 450 g/mol. The summed E-state index contributed by atoms with van der Waals surface area (Å²) < 4.78 is 0. The molecule has 7 heteroatoms. The molecule has 4 rings (SSSR count). The Kier molecular flexibility index (Phi) is 7.20. The number of amides is 2. The van der Waals surface area contributed by atoms with E-state index in [1.165, 1.54) is 4.90 Å². The molecule has 3 atom stereocenters. The first-order chi connectivity index (χ1) is 16.2. The van der Waals surface area contributed by atoms with Crippen LogP contribution in [-0.2, 0) is 10.4 Å². The number of nitrogens with one attached hydrogen (secondary N) is 1. The van der Waals surface area contributed by atoms with Gasteiger partial charge in [0, 0.05) is 39.4 Å². The smallest absolute Gasteiger partial charge is 0.256 e. The first-order valence-corrected chi connectivity index (χ1v) is 12.4. The molecule has 0 radical (unpaired) electrons. The molecule has 1 saturated carbocycles. The second-order valence-electron chi connectivity index (χ2n) is 10.00. The number of benzene rings is 2. The Balaban J connectivity index is 1.25. The van der Waals surface area contributed by atoms with E-state index in [0.29, 0.717) is 40.4 Å². The van der Waals surface area contributed by atoms with Crippen molar-refractivity contribution in [2.75, 3.05) is 38.6 Å². The lowest BCUT2D eigenvalue weighted by Gasteiger charge is -2.34. The Morgan fingerprint density at radius 1 is 1.15 bits per heavy atom. The normalized spacial score (nSPS) is 22.1. The Morgan fingerprint density at radius 2 is 1.82 bits per heavy atom. The zero-order valence-corrected chi connectivity index (χ0v) is 20.9. The number of rotatable bonds is 7. The number of piperidine rings is 1.